The molecule has 1 aliphatic rings. The zero-order valence-corrected chi connectivity index (χ0v) is 13.3. The Hall–Kier alpha value is -1.56. The highest BCUT2D eigenvalue weighted by Gasteiger charge is 2.29. The van der Waals surface area contributed by atoms with E-state index < -0.39 is 9.84 Å². The zero-order chi connectivity index (χ0) is 15.5. The summed E-state index contributed by atoms with van der Waals surface area (Å²) in [7, 11) is -2.99. The number of hydrogen-bond acceptors (Lipinski definition) is 4. The van der Waals surface area contributed by atoms with Crippen molar-refractivity contribution in [2.45, 2.75) is 32.7 Å². The molecule has 1 aromatic rings. The fourth-order valence-corrected chi connectivity index (χ4v) is 4.11. The maximum atomic E-state index is 12.4. The first-order valence-corrected chi connectivity index (χ1v) is 9.09. The summed E-state index contributed by atoms with van der Waals surface area (Å²) < 4.78 is 22.9. The van der Waals surface area contributed by atoms with Gasteiger partial charge in [0.2, 0.25) is 0 Å². The van der Waals surface area contributed by atoms with E-state index in [4.69, 9.17) is 0 Å². The van der Waals surface area contributed by atoms with E-state index in [2.05, 4.69) is 17.6 Å². The Bertz CT molecular complexity index is 626. The molecule has 0 spiro atoms. The summed E-state index contributed by atoms with van der Waals surface area (Å²) in [6.45, 7) is 4.78. The number of rotatable bonds is 5. The standard InChI is InChI=1S/C15H22N2O3S/c1-3-7-16-14-5-4-11(2)9-13(14)15(18)17-12-6-8-21(19,20)10-12/h4-5,9,12,16H,3,6-8,10H2,1-2H3,(H,17,18). The molecular formula is C15H22N2O3S. The first kappa shape index (κ1) is 15.8. The fourth-order valence-electron chi connectivity index (χ4n) is 2.43. The van der Waals surface area contributed by atoms with Crippen molar-refractivity contribution in [2.24, 2.45) is 0 Å². The summed E-state index contributed by atoms with van der Waals surface area (Å²) in [6.07, 6.45) is 1.47. The van der Waals surface area contributed by atoms with Crippen LogP contribution < -0.4 is 10.6 Å². The molecule has 0 saturated carbocycles. The zero-order valence-electron chi connectivity index (χ0n) is 12.5. The number of amides is 1. The summed E-state index contributed by atoms with van der Waals surface area (Å²) in [5.74, 6) is -0.00553. The van der Waals surface area contributed by atoms with Crippen LogP contribution in [-0.2, 0) is 9.84 Å². The smallest absolute Gasteiger partial charge is 0.253 e. The molecule has 1 atom stereocenters. The third kappa shape index (κ3) is 4.20. The van der Waals surface area contributed by atoms with E-state index in [9.17, 15) is 13.2 Å². The van der Waals surface area contributed by atoms with Crippen LogP contribution in [0.25, 0.3) is 0 Å². The van der Waals surface area contributed by atoms with Crippen LogP contribution in [-0.4, -0.2) is 38.4 Å². The van der Waals surface area contributed by atoms with Gasteiger partial charge in [0.1, 0.15) is 0 Å². The SMILES string of the molecule is CCCNc1ccc(C)cc1C(=O)NC1CCS(=O)(=O)C1. The Balaban J connectivity index is 2.12. The van der Waals surface area contributed by atoms with Crippen LogP contribution in [0.4, 0.5) is 5.69 Å². The van der Waals surface area contributed by atoms with Gasteiger partial charge in [0.25, 0.3) is 5.91 Å². The van der Waals surface area contributed by atoms with Gasteiger partial charge < -0.3 is 10.6 Å². The monoisotopic (exact) mass is 310 g/mol. The quantitative estimate of drug-likeness (QED) is 0.868. The normalized spacial score (nSPS) is 20.2. The molecule has 1 fully saturated rings. The summed E-state index contributed by atoms with van der Waals surface area (Å²) in [5, 5.41) is 6.07. The molecule has 2 N–H and O–H groups in total. The van der Waals surface area contributed by atoms with Gasteiger partial charge in [0, 0.05) is 18.3 Å². The molecule has 1 saturated heterocycles. The lowest BCUT2D eigenvalue weighted by Gasteiger charge is -2.15. The van der Waals surface area contributed by atoms with Crippen molar-refractivity contribution in [3.8, 4) is 0 Å². The second kappa shape index (κ2) is 6.47. The molecule has 6 heteroatoms. The van der Waals surface area contributed by atoms with Crippen molar-refractivity contribution >= 4 is 21.4 Å². The third-order valence-corrected chi connectivity index (χ3v) is 5.32. The average molecular weight is 310 g/mol. The minimum absolute atomic E-state index is 0.0439. The summed E-state index contributed by atoms with van der Waals surface area (Å²) in [6, 6.07) is 5.40. The first-order valence-electron chi connectivity index (χ1n) is 7.27. The van der Waals surface area contributed by atoms with Crippen LogP contribution in [0.5, 0.6) is 0 Å². The van der Waals surface area contributed by atoms with Crippen LogP contribution in [0.2, 0.25) is 0 Å². The third-order valence-electron chi connectivity index (χ3n) is 3.55. The Morgan fingerprint density at radius 3 is 2.76 bits per heavy atom. The Morgan fingerprint density at radius 2 is 2.14 bits per heavy atom. The van der Waals surface area contributed by atoms with E-state index in [1.807, 2.05) is 25.1 Å². The molecule has 1 heterocycles. The van der Waals surface area contributed by atoms with E-state index in [1.165, 1.54) is 0 Å². The molecular weight excluding hydrogens is 288 g/mol. The molecule has 2 rings (SSSR count). The molecule has 0 radical (unpaired) electrons. The Morgan fingerprint density at radius 1 is 1.38 bits per heavy atom. The molecule has 5 nitrogen and oxygen atoms in total. The lowest BCUT2D eigenvalue weighted by atomic mass is 10.1. The van der Waals surface area contributed by atoms with Crippen molar-refractivity contribution in [1.29, 1.82) is 0 Å². The molecule has 1 unspecified atom stereocenters. The van der Waals surface area contributed by atoms with Gasteiger partial charge in [0.15, 0.2) is 9.84 Å². The molecule has 21 heavy (non-hydrogen) atoms. The number of hydrogen-bond donors (Lipinski definition) is 2. The highest BCUT2D eigenvalue weighted by atomic mass is 32.2. The first-order chi connectivity index (χ1) is 9.91. The summed E-state index contributed by atoms with van der Waals surface area (Å²) in [5.41, 5.74) is 2.37. The summed E-state index contributed by atoms with van der Waals surface area (Å²) in [4.78, 5) is 12.4. The lowest BCUT2D eigenvalue weighted by Crippen LogP contribution is -2.36. The molecule has 0 aliphatic carbocycles. The van der Waals surface area contributed by atoms with Crippen LogP contribution in [0, 0.1) is 6.92 Å². The molecule has 1 aromatic carbocycles. The van der Waals surface area contributed by atoms with Crippen LogP contribution in [0.3, 0.4) is 0 Å². The van der Waals surface area contributed by atoms with Crippen LogP contribution in [0.1, 0.15) is 35.7 Å². The predicted molar refractivity (Wildman–Crippen MR) is 84.5 cm³/mol. The van der Waals surface area contributed by atoms with Gasteiger partial charge in [-0.15, -0.1) is 0 Å². The van der Waals surface area contributed by atoms with Crippen LogP contribution >= 0.6 is 0 Å². The lowest BCUT2D eigenvalue weighted by molar-refractivity contribution is 0.0942. The van der Waals surface area contributed by atoms with Crippen LogP contribution in [0.15, 0.2) is 18.2 Å². The van der Waals surface area contributed by atoms with Crippen molar-refractivity contribution in [3.05, 3.63) is 29.3 Å². The van der Waals surface area contributed by atoms with E-state index in [-0.39, 0.29) is 23.5 Å². The fraction of sp³-hybridized carbons (Fsp3) is 0.533. The van der Waals surface area contributed by atoms with Gasteiger partial charge in [-0.1, -0.05) is 18.6 Å². The number of benzene rings is 1. The van der Waals surface area contributed by atoms with Crippen molar-refractivity contribution < 1.29 is 13.2 Å². The van der Waals surface area contributed by atoms with Crippen molar-refractivity contribution in [3.63, 3.8) is 0 Å². The van der Waals surface area contributed by atoms with Gasteiger partial charge in [-0.3, -0.25) is 4.79 Å². The number of nitrogens with one attached hydrogen (secondary N) is 2. The van der Waals surface area contributed by atoms with E-state index in [0.29, 0.717) is 12.0 Å². The largest absolute Gasteiger partial charge is 0.384 e. The van der Waals surface area contributed by atoms with E-state index in [1.54, 1.807) is 0 Å². The number of anilines is 1. The summed E-state index contributed by atoms with van der Waals surface area (Å²) >= 11 is 0. The van der Waals surface area contributed by atoms with Crippen molar-refractivity contribution in [2.75, 3.05) is 23.4 Å². The van der Waals surface area contributed by atoms with E-state index >= 15 is 0 Å². The number of carbonyl (C=O) groups is 1. The second-order valence-corrected chi connectivity index (χ2v) is 7.78. The van der Waals surface area contributed by atoms with Gasteiger partial charge in [-0.2, -0.15) is 0 Å². The highest BCUT2D eigenvalue weighted by Crippen LogP contribution is 2.19. The average Bonchev–Trinajstić information content (AvgIpc) is 2.76. The Labute approximate surface area is 126 Å². The number of carbonyl (C=O) groups excluding carboxylic acids is 1. The molecule has 1 aliphatic heterocycles. The maximum Gasteiger partial charge on any atom is 0.253 e. The molecule has 0 aromatic heterocycles. The van der Waals surface area contributed by atoms with E-state index in [0.717, 1.165) is 24.2 Å². The molecule has 0 bridgehead atoms. The van der Waals surface area contributed by atoms with Gasteiger partial charge in [-0.25, -0.2) is 8.42 Å². The molecule has 1 amide bonds. The minimum Gasteiger partial charge on any atom is -0.384 e. The minimum atomic E-state index is -2.99. The number of sulfone groups is 1. The second-order valence-electron chi connectivity index (χ2n) is 5.55. The molecule has 116 valence electrons. The van der Waals surface area contributed by atoms with Gasteiger partial charge >= 0.3 is 0 Å². The maximum absolute atomic E-state index is 12.4. The highest BCUT2D eigenvalue weighted by molar-refractivity contribution is 7.91. The van der Waals surface area contributed by atoms with Gasteiger partial charge in [-0.05, 0) is 31.9 Å². The topological polar surface area (TPSA) is 75.3 Å². The Kier molecular flexibility index (Phi) is 4.88. The van der Waals surface area contributed by atoms with Gasteiger partial charge in [0.05, 0.1) is 17.1 Å². The van der Waals surface area contributed by atoms with Crippen molar-refractivity contribution in [1.82, 2.24) is 5.32 Å². The predicted octanol–water partition coefficient (Wildman–Crippen LogP) is 1.73. The number of aryl methyl sites for hydroxylation is 1.